The van der Waals surface area contributed by atoms with Crippen LogP contribution in [0.1, 0.15) is 30.9 Å². The summed E-state index contributed by atoms with van der Waals surface area (Å²) in [6.45, 7) is 6.75. The van der Waals surface area contributed by atoms with Gasteiger partial charge in [0.15, 0.2) is 0 Å². The van der Waals surface area contributed by atoms with Gasteiger partial charge in [-0.05, 0) is 54.8 Å². The number of pyridine rings is 1. The maximum atomic E-state index is 14.1. The van der Waals surface area contributed by atoms with E-state index in [4.69, 9.17) is 14.8 Å². The molecule has 7 heteroatoms. The normalized spacial score (nSPS) is 10.6. The quantitative estimate of drug-likeness (QED) is 0.232. The number of halogens is 1. The smallest absolute Gasteiger partial charge is 0.303 e. The molecule has 3 aromatic carbocycles. The van der Waals surface area contributed by atoms with E-state index >= 15 is 0 Å². The van der Waals surface area contributed by atoms with Crippen LogP contribution in [0, 0.1) is 17.1 Å². The summed E-state index contributed by atoms with van der Waals surface area (Å²) in [5.41, 5.74) is 4.94. The van der Waals surface area contributed by atoms with Gasteiger partial charge in [0.05, 0.1) is 23.5 Å². The van der Waals surface area contributed by atoms with Gasteiger partial charge in [0.1, 0.15) is 23.2 Å². The van der Waals surface area contributed by atoms with E-state index in [0.29, 0.717) is 47.4 Å². The molecule has 186 valence electrons. The molecule has 0 saturated heterocycles. The van der Waals surface area contributed by atoms with Crippen LogP contribution in [0.2, 0.25) is 0 Å². The number of aromatic nitrogens is 1. The van der Waals surface area contributed by atoms with Crippen molar-refractivity contribution in [3.05, 3.63) is 84.2 Å². The molecule has 0 aliphatic heterocycles. The highest BCUT2D eigenvalue weighted by atomic mass is 19.1. The summed E-state index contributed by atoms with van der Waals surface area (Å²) < 4.78 is 19.9. The largest absolute Gasteiger partial charge is 0.493 e. The summed E-state index contributed by atoms with van der Waals surface area (Å²) in [5, 5.41) is 22.7. The Morgan fingerprint density at radius 3 is 2.73 bits per heavy atom. The summed E-state index contributed by atoms with van der Waals surface area (Å²) in [6, 6.07) is 20.0. The van der Waals surface area contributed by atoms with Crippen LogP contribution in [0.25, 0.3) is 39.4 Å². The van der Waals surface area contributed by atoms with Gasteiger partial charge >= 0.3 is 5.97 Å². The van der Waals surface area contributed by atoms with Crippen molar-refractivity contribution in [2.45, 2.75) is 19.8 Å². The predicted molar refractivity (Wildman–Crippen MR) is 144 cm³/mol. The van der Waals surface area contributed by atoms with E-state index < -0.39 is 11.8 Å². The first-order chi connectivity index (χ1) is 18.0. The van der Waals surface area contributed by atoms with Gasteiger partial charge in [-0.3, -0.25) is 4.79 Å². The van der Waals surface area contributed by atoms with Crippen LogP contribution >= 0.6 is 0 Å². The van der Waals surface area contributed by atoms with Gasteiger partial charge in [-0.1, -0.05) is 43.0 Å². The van der Waals surface area contributed by atoms with Crippen LogP contribution in [0.4, 0.5) is 10.1 Å². The molecule has 0 saturated carbocycles. The molecule has 0 aliphatic carbocycles. The van der Waals surface area contributed by atoms with Gasteiger partial charge < -0.3 is 15.2 Å². The Kier molecular flexibility index (Phi) is 7.80. The number of fused-ring (bicyclic) bond motifs is 1. The molecule has 0 atom stereocenters. The standard InChI is InChI=1S/C30H26FN3O3/c1-3-19-16-20(22-8-5-6-9-27(22)37-4-2)11-13-23(19)30-25(18-32)29(33-15-7-10-28(35)36)24-17-21(31)12-14-26(24)34-30/h3,5-6,8-9,11-14,16-17H,1,4,7,10,15H2,2H3,(H,33,34)(H,35,36). The van der Waals surface area contributed by atoms with Crippen LogP contribution in [-0.2, 0) is 4.79 Å². The van der Waals surface area contributed by atoms with Crippen LogP contribution in [-0.4, -0.2) is 29.2 Å². The van der Waals surface area contributed by atoms with E-state index in [9.17, 15) is 14.4 Å². The molecular formula is C30H26FN3O3. The number of benzene rings is 3. The Hall–Kier alpha value is -4.70. The van der Waals surface area contributed by atoms with Crippen LogP contribution < -0.4 is 10.1 Å². The van der Waals surface area contributed by atoms with E-state index in [-0.39, 0.29) is 12.0 Å². The van der Waals surface area contributed by atoms with Crippen molar-refractivity contribution < 1.29 is 19.0 Å². The third kappa shape index (κ3) is 5.44. The Balaban J connectivity index is 1.86. The number of anilines is 1. The van der Waals surface area contributed by atoms with Crippen molar-refractivity contribution >= 4 is 28.6 Å². The van der Waals surface area contributed by atoms with Gasteiger partial charge in [-0.2, -0.15) is 5.26 Å². The molecule has 1 heterocycles. The first-order valence-corrected chi connectivity index (χ1v) is 11.9. The molecule has 37 heavy (non-hydrogen) atoms. The van der Waals surface area contributed by atoms with E-state index in [1.807, 2.05) is 49.4 Å². The van der Waals surface area contributed by atoms with E-state index in [0.717, 1.165) is 22.4 Å². The van der Waals surface area contributed by atoms with Crippen molar-refractivity contribution in [2.75, 3.05) is 18.5 Å². The second-order valence-electron chi connectivity index (χ2n) is 8.34. The number of para-hydroxylation sites is 1. The molecule has 0 aliphatic rings. The van der Waals surface area contributed by atoms with Crippen molar-refractivity contribution in [3.8, 4) is 34.2 Å². The maximum absolute atomic E-state index is 14.1. The Morgan fingerprint density at radius 1 is 1.19 bits per heavy atom. The minimum absolute atomic E-state index is 0.0234. The van der Waals surface area contributed by atoms with Crippen LogP contribution in [0.5, 0.6) is 5.75 Å². The fourth-order valence-corrected chi connectivity index (χ4v) is 4.28. The zero-order chi connectivity index (χ0) is 26.4. The Morgan fingerprint density at radius 2 is 2.00 bits per heavy atom. The van der Waals surface area contributed by atoms with Gasteiger partial charge in [-0.25, -0.2) is 9.37 Å². The van der Waals surface area contributed by atoms with Crippen LogP contribution in [0.15, 0.2) is 67.2 Å². The highest BCUT2D eigenvalue weighted by Gasteiger charge is 2.19. The molecule has 4 rings (SSSR count). The SMILES string of the molecule is C=Cc1cc(-c2ccccc2OCC)ccc1-c1nc2ccc(F)cc2c(NCCCC(=O)O)c1C#N. The number of aliphatic carboxylic acids is 1. The molecule has 4 aromatic rings. The summed E-state index contributed by atoms with van der Waals surface area (Å²) in [5.74, 6) is -0.594. The zero-order valence-corrected chi connectivity index (χ0v) is 20.4. The number of carbonyl (C=O) groups is 1. The van der Waals surface area contributed by atoms with E-state index in [1.54, 1.807) is 12.1 Å². The van der Waals surface area contributed by atoms with Gasteiger partial charge in [0.2, 0.25) is 0 Å². The number of hydrogen-bond acceptors (Lipinski definition) is 5. The molecule has 0 radical (unpaired) electrons. The lowest BCUT2D eigenvalue weighted by molar-refractivity contribution is -0.137. The lowest BCUT2D eigenvalue weighted by atomic mass is 9.94. The molecule has 2 N–H and O–H groups in total. The second kappa shape index (κ2) is 11.4. The van der Waals surface area contributed by atoms with E-state index in [2.05, 4.69) is 18.0 Å². The summed E-state index contributed by atoms with van der Waals surface area (Å²) in [6.07, 6.45) is 2.03. The monoisotopic (exact) mass is 495 g/mol. The lowest BCUT2D eigenvalue weighted by Crippen LogP contribution is -2.08. The molecule has 0 spiro atoms. The average molecular weight is 496 g/mol. The highest BCUT2D eigenvalue weighted by molar-refractivity contribution is 5.99. The third-order valence-electron chi connectivity index (χ3n) is 5.95. The molecular weight excluding hydrogens is 469 g/mol. The molecule has 0 bridgehead atoms. The molecule has 6 nitrogen and oxygen atoms in total. The summed E-state index contributed by atoms with van der Waals surface area (Å²) in [7, 11) is 0. The minimum atomic E-state index is -0.907. The zero-order valence-electron chi connectivity index (χ0n) is 20.4. The van der Waals surface area contributed by atoms with Crippen molar-refractivity contribution in [1.29, 1.82) is 5.26 Å². The van der Waals surface area contributed by atoms with Gasteiger partial charge in [0.25, 0.3) is 0 Å². The molecule has 1 aromatic heterocycles. The first kappa shape index (κ1) is 25.4. The maximum Gasteiger partial charge on any atom is 0.303 e. The van der Waals surface area contributed by atoms with Crippen LogP contribution in [0.3, 0.4) is 0 Å². The van der Waals surface area contributed by atoms with Crippen molar-refractivity contribution in [1.82, 2.24) is 4.98 Å². The Labute approximate surface area is 214 Å². The lowest BCUT2D eigenvalue weighted by Gasteiger charge is -2.17. The molecule has 0 unspecified atom stereocenters. The number of hydrogen-bond donors (Lipinski definition) is 2. The molecule has 0 fully saturated rings. The Bertz CT molecular complexity index is 1530. The van der Waals surface area contributed by atoms with Gasteiger partial charge in [0, 0.05) is 29.5 Å². The number of carboxylic acids is 1. The third-order valence-corrected chi connectivity index (χ3v) is 5.95. The number of nitriles is 1. The minimum Gasteiger partial charge on any atom is -0.493 e. The number of ether oxygens (including phenoxy) is 1. The average Bonchev–Trinajstić information content (AvgIpc) is 2.90. The fraction of sp³-hybridized carbons (Fsp3) is 0.167. The molecule has 0 amide bonds. The highest BCUT2D eigenvalue weighted by Crippen LogP contribution is 2.38. The summed E-state index contributed by atoms with van der Waals surface area (Å²) in [4.78, 5) is 15.7. The van der Waals surface area contributed by atoms with E-state index in [1.165, 1.54) is 12.1 Å². The summed E-state index contributed by atoms with van der Waals surface area (Å²) >= 11 is 0. The number of rotatable bonds is 10. The van der Waals surface area contributed by atoms with Crippen molar-refractivity contribution in [2.24, 2.45) is 0 Å². The van der Waals surface area contributed by atoms with Gasteiger partial charge in [-0.15, -0.1) is 0 Å². The predicted octanol–water partition coefficient (Wildman–Crippen LogP) is 6.90. The first-order valence-electron chi connectivity index (χ1n) is 11.9. The second-order valence-corrected chi connectivity index (χ2v) is 8.34. The number of nitrogens with one attached hydrogen (secondary N) is 1. The topological polar surface area (TPSA) is 95.2 Å². The number of carboxylic acid groups (broad SMARTS) is 1. The van der Waals surface area contributed by atoms with Crippen molar-refractivity contribution in [3.63, 3.8) is 0 Å². The number of nitrogens with zero attached hydrogens (tertiary/aromatic N) is 2. The fourth-order valence-electron chi connectivity index (χ4n) is 4.28.